The van der Waals surface area contributed by atoms with E-state index in [4.69, 9.17) is 4.98 Å². The molecule has 0 aliphatic heterocycles. The topological polar surface area (TPSA) is 67.7 Å². The molecule has 0 aliphatic carbocycles. The van der Waals surface area contributed by atoms with Gasteiger partial charge in [-0.15, -0.1) is 0 Å². The van der Waals surface area contributed by atoms with Gasteiger partial charge in [-0.25, -0.2) is 9.97 Å². The van der Waals surface area contributed by atoms with Gasteiger partial charge in [0.2, 0.25) is 5.95 Å². The molecule has 0 bridgehead atoms. The Morgan fingerprint density at radius 2 is 1.61 bits per heavy atom. The normalized spacial score (nSPS) is 11.9. The number of para-hydroxylation sites is 3. The molecule has 5 aromatic rings. The van der Waals surface area contributed by atoms with Gasteiger partial charge in [-0.05, 0) is 55.0 Å². The molecule has 5 rings (SSSR count). The van der Waals surface area contributed by atoms with Gasteiger partial charge in [0.1, 0.15) is 12.1 Å². The fourth-order valence-corrected chi connectivity index (χ4v) is 3.55. The Morgan fingerprint density at radius 1 is 0.806 bits per heavy atom. The summed E-state index contributed by atoms with van der Waals surface area (Å²) in [5.41, 5.74) is 5.19. The lowest BCUT2D eigenvalue weighted by Crippen LogP contribution is -2.11. The lowest BCUT2D eigenvalue weighted by atomic mass is 10.1. The minimum Gasteiger partial charge on any atom is -0.356 e. The van der Waals surface area contributed by atoms with E-state index in [0.717, 1.165) is 33.8 Å². The number of anilines is 3. The van der Waals surface area contributed by atoms with Crippen LogP contribution in [-0.4, -0.2) is 19.5 Å². The quantitative estimate of drug-likeness (QED) is 0.377. The number of hydrogen-bond acceptors (Lipinski definition) is 5. The summed E-state index contributed by atoms with van der Waals surface area (Å²) >= 11 is 0. The standard InChI is InChI=1S/C25H22N6/c1-18(19-8-7-11-21(16-19)29-20-9-3-2-4-10-20)28-25-26-15-14-24(30-25)31-17-27-22-12-5-6-13-23(22)31/h2-18,29H,1H3,(H,26,28,30)/t18-/m0/s1. The number of imidazole rings is 1. The molecular weight excluding hydrogens is 384 g/mol. The molecule has 0 radical (unpaired) electrons. The predicted molar refractivity (Wildman–Crippen MR) is 125 cm³/mol. The molecule has 0 aliphatic rings. The van der Waals surface area contributed by atoms with Crippen LogP contribution in [0.5, 0.6) is 0 Å². The van der Waals surface area contributed by atoms with E-state index in [1.807, 2.05) is 71.3 Å². The second-order valence-electron chi connectivity index (χ2n) is 7.32. The zero-order valence-electron chi connectivity index (χ0n) is 17.1. The number of benzene rings is 3. The van der Waals surface area contributed by atoms with Crippen molar-refractivity contribution in [3.63, 3.8) is 0 Å². The molecule has 0 fully saturated rings. The molecular formula is C25H22N6. The van der Waals surface area contributed by atoms with Gasteiger partial charge < -0.3 is 10.6 Å². The fourth-order valence-electron chi connectivity index (χ4n) is 3.55. The summed E-state index contributed by atoms with van der Waals surface area (Å²) in [6, 6.07) is 28.4. The van der Waals surface area contributed by atoms with Gasteiger partial charge in [-0.2, -0.15) is 4.98 Å². The molecule has 0 spiro atoms. The molecule has 2 heterocycles. The molecule has 6 heteroatoms. The molecule has 0 saturated carbocycles. The Morgan fingerprint density at radius 3 is 2.52 bits per heavy atom. The molecule has 1 atom stereocenters. The third-order valence-corrected chi connectivity index (χ3v) is 5.14. The SMILES string of the molecule is C[C@H](Nc1nccc(-n2cnc3ccccc32)n1)c1cccc(Nc2ccccc2)c1. The van der Waals surface area contributed by atoms with E-state index in [1.165, 1.54) is 0 Å². The minimum absolute atomic E-state index is 0.0345. The fraction of sp³-hybridized carbons (Fsp3) is 0.0800. The van der Waals surface area contributed by atoms with Crippen LogP contribution in [0.2, 0.25) is 0 Å². The van der Waals surface area contributed by atoms with Crippen molar-refractivity contribution in [1.82, 2.24) is 19.5 Å². The van der Waals surface area contributed by atoms with E-state index in [0.29, 0.717) is 5.95 Å². The average molecular weight is 406 g/mol. The Labute approximate surface area is 180 Å². The highest BCUT2D eigenvalue weighted by Crippen LogP contribution is 2.23. The number of fused-ring (bicyclic) bond motifs is 1. The van der Waals surface area contributed by atoms with E-state index in [1.54, 1.807) is 12.5 Å². The monoisotopic (exact) mass is 406 g/mol. The Bertz CT molecular complexity index is 1310. The summed E-state index contributed by atoms with van der Waals surface area (Å²) in [4.78, 5) is 13.6. The third-order valence-electron chi connectivity index (χ3n) is 5.14. The molecule has 2 aromatic heterocycles. The van der Waals surface area contributed by atoms with Crippen LogP contribution in [0.25, 0.3) is 16.9 Å². The second-order valence-corrected chi connectivity index (χ2v) is 7.32. The summed E-state index contributed by atoms with van der Waals surface area (Å²) in [6.07, 6.45) is 3.55. The maximum atomic E-state index is 4.71. The molecule has 2 N–H and O–H groups in total. The van der Waals surface area contributed by atoms with Gasteiger partial charge in [-0.3, -0.25) is 4.57 Å². The van der Waals surface area contributed by atoms with Gasteiger partial charge in [0.25, 0.3) is 0 Å². The summed E-state index contributed by atoms with van der Waals surface area (Å²) in [5, 5.41) is 6.85. The maximum Gasteiger partial charge on any atom is 0.225 e. The number of nitrogens with zero attached hydrogens (tertiary/aromatic N) is 4. The lowest BCUT2D eigenvalue weighted by molar-refractivity contribution is 0.854. The third kappa shape index (κ3) is 4.09. The van der Waals surface area contributed by atoms with E-state index < -0.39 is 0 Å². The van der Waals surface area contributed by atoms with Gasteiger partial charge >= 0.3 is 0 Å². The van der Waals surface area contributed by atoms with Crippen molar-refractivity contribution in [2.45, 2.75) is 13.0 Å². The largest absolute Gasteiger partial charge is 0.356 e. The molecule has 0 unspecified atom stereocenters. The number of aromatic nitrogens is 4. The van der Waals surface area contributed by atoms with Gasteiger partial charge in [-0.1, -0.05) is 42.5 Å². The Balaban J connectivity index is 1.36. The highest BCUT2D eigenvalue weighted by atomic mass is 15.2. The number of hydrogen-bond donors (Lipinski definition) is 2. The van der Waals surface area contributed by atoms with Crippen molar-refractivity contribution in [1.29, 1.82) is 0 Å². The molecule has 6 nitrogen and oxygen atoms in total. The summed E-state index contributed by atoms with van der Waals surface area (Å²) in [7, 11) is 0. The first-order valence-electron chi connectivity index (χ1n) is 10.2. The maximum absolute atomic E-state index is 4.71. The smallest absolute Gasteiger partial charge is 0.225 e. The number of rotatable bonds is 6. The first-order chi connectivity index (χ1) is 15.3. The van der Waals surface area contributed by atoms with E-state index >= 15 is 0 Å². The zero-order chi connectivity index (χ0) is 21.0. The zero-order valence-corrected chi connectivity index (χ0v) is 17.1. The van der Waals surface area contributed by atoms with Crippen molar-refractivity contribution >= 4 is 28.4 Å². The van der Waals surface area contributed by atoms with Crippen LogP contribution >= 0.6 is 0 Å². The molecule has 0 saturated heterocycles. The summed E-state index contributed by atoms with van der Waals surface area (Å²) in [6.45, 7) is 2.10. The van der Waals surface area contributed by atoms with Crippen LogP contribution in [0.15, 0.2) is 97.5 Å². The van der Waals surface area contributed by atoms with Crippen molar-refractivity contribution in [3.8, 4) is 5.82 Å². The van der Waals surface area contributed by atoms with E-state index in [9.17, 15) is 0 Å². The van der Waals surface area contributed by atoms with Gasteiger partial charge in [0.15, 0.2) is 0 Å². The van der Waals surface area contributed by atoms with Crippen molar-refractivity contribution < 1.29 is 0 Å². The average Bonchev–Trinajstić information content (AvgIpc) is 3.24. The Hall–Kier alpha value is -4.19. The van der Waals surface area contributed by atoms with Crippen LogP contribution in [0, 0.1) is 0 Å². The first kappa shape index (κ1) is 18.8. The summed E-state index contributed by atoms with van der Waals surface area (Å²) in [5.74, 6) is 1.35. The predicted octanol–water partition coefficient (Wildman–Crippen LogP) is 5.73. The van der Waals surface area contributed by atoms with Gasteiger partial charge in [0.05, 0.1) is 17.1 Å². The van der Waals surface area contributed by atoms with Crippen LogP contribution in [0.3, 0.4) is 0 Å². The lowest BCUT2D eigenvalue weighted by Gasteiger charge is -2.16. The second kappa shape index (κ2) is 8.28. The van der Waals surface area contributed by atoms with Crippen molar-refractivity contribution in [2.24, 2.45) is 0 Å². The van der Waals surface area contributed by atoms with Crippen LogP contribution in [0.4, 0.5) is 17.3 Å². The minimum atomic E-state index is 0.0345. The van der Waals surface area contributed by atoms with Crippen molar-refractivity contribution in [3.05, 3.63) is 103 Å². The van der Waals surface area contributed by atoms with Crippen molar-refractivity contribution in [2.75, 3.05) is 10.6 Å². The highest BCUT2D eigenvalue weighted by molar-refractivity contribution is 5.76. The van der Waals surface area contributed by atoms with Crippen LogP contribution in [-0.2, 0) is 0 Å². The Kier molecular flexibility index (Phi) is 5.02. The molecule has 0 amide bonds. The molecule has 3 aromatic carbocycles. The van der Waals surface area contributed by atoms with E-state index in [2.05, 4.69) is 45.7 Å². The van der Waals surface area contributed by atoms with Crippen LogP contribution in [0.1, 0.15) is 18.5 Å². The van der Waals surface area contributed by atoms with Crippen LogP contribution < -0.4 is 10.6 Å². The van der Waals surface area contributed by atoms with E-state index in [-0.39, 0.29) is 6.04 Å². The number of nitrogens with one attached hydrogen (secondary N) is 2. The van der Waals surface area contributed by atoms with Gasteiger partial charge in [0, 0.05) is 17.6 Å². The molecule has 152 valence electrons. The highest BCUT2D eigenvalue weighted by Gasteiger charge is 2.10. The first-order valence-corrected chi connectivity index (χ1v) is 10.2. The summed E-state index contributed by atoms with van der Waals surface area (Å²) < 4.78 is 1.97. The molecule has 31 heavy (non-hydrogen) atoms.